The standard InChI is InChI=1S/C15H25NO/c1-10-7-11-12(16(10)14(2,3)4)8-15(5,6)9-13(11)17/h7,13,17H,8-9H2,1-6H3. The lowest BCUT2D eigenvalue weighted by atomic mass is 9.75. The lowest BCUT2D eigenvalue weighted by Gasteiger charge is -2.36. The molecule has 1 atom stereocenters. The minimum Gasteiger partial charge on any atom is -0.388 e. The molecule has 2 nitrogen and oxygen atoms in total. The van der Waals surface area contributed by atoms with Gasteiger partial charge in [-0.1, -0.05) is 13.8 Å². The van der Waals surface area contributed by atoms with Crippen LogP contribution in [0.25, 0.3) is 0 Å². The number of rotatable bonds is 0. The summed E-state index contributed by atoms with van der Waals surface area (Å²) in [5.74, 6) is 0. The van der Waals surface area contributed by atoms with E-state index in [1.165, 1.54) is 11.4 Å². The number of hydrogen-bond acceptors (Lipinski definition) is 1. The lowest BCUT2D eigenvalue weighted by molar-refractivity contribution is 0.0966. The topological polar surface area (TPSA) is 25.2 Å². The Hall–Kier alpha value is -0.760. The molecule has 0 amide bonds. The van der Waals surface area contributed by atoms with Crippen LogP contribution in [-0.2, 0) is 12.0 Å². The van der Waals surface area contributed by atoms with Gasteiger partial charge in [0.15, 0.2) is 0 Å². The molecule has 2 rings (SSSR count). The van der Waals surface area contributed by atoms with E-state index in [9.17, 15) is 5.11 Å². The summed E-state index contributed by atoms with van der Waals surface area (Å²) in [6.07, 6.45) is 1.63. The van der Waals surface area contributed by atoms with Gasteiger partial charge in [-0.05, 0) is 52.0 Å². The highest BCUT2D eigenvalue weighted by molar-refractivity contribution is 5.34. The zero-order chi connectivity index (χ0) is 13.0. The molecule has 1 aromatic rings. The van der Waals surface area contributed by atoms with Gasteiger partial charge in [-0.25, -0.2) is 0 Å². The Morgan fingerprint density at radius 3 is 2.47 bits per heavy atom. The zero-order valence-corrected chi connectivity index (χ0v) is 12.0. The van der Waals surface area contributed by atoms with Crippen molar-refractivity contribution in [2.45, 2.75) is 66.0 Å². The molecule has 1 aromatic heterocycles. The molecule has 1 N–H and O–H groups in total. The molecule has 1 heterocycles. The number of nitrogens with zero attached hydrogens (tertiary/aromatic N) is 1. The third kappa shape index (κ3) is 2.15. The SMILES string of the molecule is Cc1cc2c(n1C(C)(C)C)CC(C)(C)CC2O. The van der Waals surface area contributed by atoms with Crippen molar-refractivity contribution in [3.8, 4) is 0 Å². The molecule has 0 aliphatic heterocycles. The molecule has 0 bridgehead atoms. The van der Waals surface area contributed by atoms with E-state index in [0.29, 0.717) is 0 Å². The molecule has 17 heavy (non-hydrogen) atoms. The van der Waals surface area contributed by atoms with Gasteiger partial charge in [-0.3, -0.25) is 0 Å². The highest BCUT2D eigenvalue weighted by atomic mass is 16.3. The van der Waals surface area contributed by atoms with Crippen LogP contribution < -0.4 is 0 Å². The third-order valence-corrected chi connectivity index (χ3v) is 3.74. The van der Waals surface area contributed by atoms with Crippen LogP contribution >= 0.6 is 0 Å². The Kier molecular flexibility index (Phi) is 2.70. The van der Waals surface area contributed by atoms with Crippen LogP contribution in [0.3, 0.4) is 0 Å². The first kappa shape index (κ1) is 12.7. The van der Waals surface area contributed by atoms with E-state index in [-0.39, 0.29) is 17.1 Å². The lowest BCUT2D eigenvalue weighted by Crippen LogP contribution is -2.31. The monoisotopic (exact) mass is 235 g/mol. The van der Waals surface area contributed by atoms with Crippen LogP contribution in [0.15, 0.2) is 6.07 Å². The van der Waals surface area contributed by atoms with Gasteiger partial charge in [-0.2, -0.15) is 0 Å². The number of aromatic nitrogens is 1. The largest absolute Gasteiger partial charge is 0.388 e. The predicted molar refractivity (Wildman–Crippen MR) is 71.2 cm³/mol. The van der Waals surface area contributed by atoms with Crippen LogP contribution in [0, 0.1) is 12.3 Å². The first-order chi connectivity index (χ1) is 7.62. The molecule has 0 aromatic carbocycles. The van der Waals surface area contributed by atoms with E-state index in [0.717, 1.165) is 18.4 Å². The molecule has 96 valence electrons. The number of fused-ring (bicyclic) bond motifs is 1. The smallest absolute Gasteiger partial charge is 0.0812 e. The Morgan fingerprint density at radius 2 is 1.94 bits per heavy atom. The van der Waals surface area contributed by atoms with Crippen LogP contribution in [-0.4, -0.2) is 9.67 Å². The highest BCUT2D eigenvalue weighted by Gasteiger charge is 2.35. The van der Waals surface area contributed by atoms with Gasteiger partial charge < -0.3 is 9.67 Å². The average Bonchev–Trinajstić information content (AvgIpc) is 2.38. The number of aryl methyl sites for hydroxylation is 1. The Balaban J connectivity index is 2.59. The highest BCUT2D eigenvalue weighted by Crippen LogP contribution is 2.43. The van der Waals surface area contributed by atoms with Gasteiger partial charge in [0.2, 0.25) is 0 Å². The van der Waals surface area contributed by atoms with Crippen molar-refractivity contribution in [3.05, 3.63) is 23.0 Å². The third-order valence-electron chi connectivity index (χ3n) is 3.74. The van der Waals surface area contributed by atoms with Gasteiger partial charge in [-0.15, -0.1) is 0 Å². The van der Waals surface area contributed by atoms with E-state index >= 15 is 0 Å². The summed E-state index contributed by atoms with van der Waals surface area (Å²) >= 11 is 0. The Bertz CT molecular complexity index is 435. The Morgan fingerprint density at radius 1 is 1.35 bits per heavy atom. The summed E-state index contributed by atoms with van der Waals surface area (Å²) in [6.45, 7) is 13.3. The summed E-state index contributed by atoms with van der Waals surface area (Å²) in [5, 5.41) is 10.3. The molecule has 1 unspecified atom stereocenters. The second-order valence-corrected chi connectivity index (χ2v) is 7.25. The average molecular weight is 235 g/mol. The van der Waals surface area contributed by atoms with Crippen molar-refractivity contribution in [1.29, 1.82) is 0 Å². The van der Waals surface area contributed by atoms with Gasteiger partial charge in [0, 0.05) is 22.5 Å². The summed E-state index contributed by atoms with van der Waals surface area (Å²) in [6, 6.07) is 2.17. The summed E-state index contributed by atoms with van der Waals surface area (Å²) in [4.78, 5) is 0. The molecule has 2 heteroatoms. The maximum absolute atomic E-state index is 10.3. The number of aliphatic hydroxyl groups is 1. The van der Waals surface area contributed by atoms with Crippen LogP contribution in [0.1, 0.15) is 64.1 Å². The van der Waals surface area contributed by atoms with E-state index in [2.05, 4.69) is 52.2 Å². The predicted octanol–water partition coefficient (Wildman–Crippen LogP) is 3.56. The van der Waals surface area contributed by atoms with Crippen LogP contribution in [0.4, 0.5) is 0 Å². The summed E-state index contributed by atoms with van der Waals surface area (Å²) in [7, 11) is 0. The van der Waals surface area contributed by atoms with Gasteiger partial charge >= 0.3 is 0 Å². The van der Waals surface area contributed by atoms with Crippen LogP contribution in [0.5, 0.6) is 0 Å². The van der Waals surface area contributed by atoms with Gasteiger partial charge in [0.1, 0.15) is 0 Å². The van der Waals surface area contributed by atoms with Crippen molar-refractivity contribution >= 4 is 0 Å². The van der Waals surface area contributed by atoms with Crippen molar-refractivity contribution in [1.82, 2.24) is 4.57 Å². The fourth-order valence-corrected chi connectivity index (χ4v) is 3.28. The van der Waals surface area contributed by atoms with E-state index in [4.69, 9.17) is 0 Å². The molecule has 0 radical (unpaired) electrons. The van der Waals surface area contributed by atoms with Crippen molar-refractivity contribution in [2.75, 3.05) is 0 Å². The van der Waals surface area contributed by atoms with Crippen molar-refractivity contribution in [2.24, 2.45) is 5.41 Å². The Labute approximate surface area is 105 Å². The quantitative estimate of drug-likeness (QED) is 0.731. The fourth-order valence-electron chi connectivity index (χ4n) is 3.28. The molecular weight excluding hydrogens is 210 g/mol. The van der Waals surface area contributed by atoms with E-state index in [1.54, 1.807) is 0 Å². The maximum atomic E-state index is 10.3. The number of aliphatic hydroxyl groups excluding tert-OH is 1. The first-order valence-corrected chi connectivity index (χ1v) is 6.51. The van der Waals surface area contributed by atoms with E-state index in [1.807, 2.05) is 0 Å². The molecular formula is C15H25NO. The fraction of sp³-hybridized carbons (Fsp3) is 0.733. The van der Waals surface area contributed by atoms with E-state index < -0.39 is 0 Å². The second-order valence-electron chi connectivity index (χ2n) is 7.25. The zero-order valence-electron chi connectivity index (χ0n) is 12.0. The molecule has 0 saturated carbocycles. The maximum Gasteiger partial charge on any atom is 0.0812 e. The van der Waals surface area contributed by atoms with Crippen molar-refractivity contribution < 1.29 is 5.11 Å². The number of hydrogen-bond donors (Lipinski definition) is 1. The second kappa shape index (κ2) is 3.61. The molecule has 1 aliphatic rings. The first-order valence-electron chi connectivity index (χ1n) is 6.51. The minimum atomic E-state index is -0.295. The molecule has 0 fully saturated rings. The normalized spacial score (nSPS) is 23.6. The molecule has 1 aliphatic carbocycles. The minimum absolute atomic E-state index is 0.0881. The van der Waals surface area contributed by atoms with Gasteiger partial charge in [0.05, 0.1) is 6.10 Å². The summed E-state index contributed by atoms with van der Waals surface area (Å²) < 4.78 is 2.40. The molecule has 0 saturated heterocycles. The van der Waals surface area contributed by atoms with Crippen LogP contribution in [0.2, 0.25) is 0 Å². The van der Waals surface area contributed by atoms with Crippen molar-refractivity contribution in [3.63, 3.8) is 0 Å². The summed E-state index contributed by atoms with van der Waals surface area (Å²) in [5.41, 5.74) is 4.03. The van der Waals surface area contributed by atoms with Gasteiger partial charge in [0.25, 0.3) is 0 Å². The molecule has 0 spiro atoms.